The summed E-state index contributed by atoms with van der Waals surface area (Å²) in [5.74, 6) is -7.56. The van der Waals surface area contributed by atoms with E-state index in [-0.39, 0.29) is 41.2 Å². The van der Waals surface area contributed by atoms with E-state index in [2.05, 4.69) is 16.0 Å². The van der Waals surface area contributed by atoms with Crippen LogP contribution in [0.2, 0.25) is 0 Å². The van der Waals surface area contributed by atoms with Crippen molar-refractivity contribution in [2.45, 2.75) is 49.0 Å². The number of carbonyl (C=O) groups excluding carboxylic acids is 3. The third kappa shape index (κ3) is 11.3. The molecule has 12 nitrogen and oxygen atoms in total. The van der Waals surface area contributed by atoms with Gasteiger partial charge in [0.05, 0.1) is 0 Å². The van der Waals surface area contributed by atoms with Crippen molar-refractivity contribution in [1.82, 2.24) is 0 Å². The van der Waals surface area contributed by atoms with E-state index in [0.717, 1.165) is 18.2 Å². The molecule has 0 aliphatic heterocycles. The predicted octanol–water partition coefficient (Wildman–Crippen LogP) is 4.14. The Hall–Kier alpha value is -4.74. The first kappa shape index (κ1) is 35.3. The van der Waals surface area contributed by atoms with Crippen LogP contribution in [0.25, 0.3) is 0 Å². The van der Waals surface area contributed by atoms with Gasteiger partial charge in [-0.25, -0.2) is 14.4 Å². The Labute approximate surface area is 232 Å². The van der Waals surface area contributed by atoms with Gasteiger partial charge in [-0.15, -0.1) is 0 Å². The number of carboxylic acid groups (broad SMARTS) is 3. The highest BCUT2D eigenvalue weighted by molar-refractivity contribution is 6.08. The number of rotatable bonds is 12. The van der Waals surface area contributed by atoms with Gasteiger partial charge >= 0.3 is 17.9 Å². The molecule has 0 aliphatic carbocycles. The fraction of sp³-hybridized carbons (Fsp3) is 0.357. The molecular weight excluding hydrogens is 522 g/mol. The molecule has 0 unspecified atom stereocenters. The molecule has 0 spiro atoms. The molecular formula is C28H37N3O9. The number of nitrogens with one attached hydrogen (secondary N) is 3. The lowest BCUT2D eigenvalue weighted by molar-refractivity contribution is -0.134. The molecule has 0 saturated heterocycles. The third-order valence-corrected chi connectivity index (χ3v) is 5.20. The van der Waals surface area contributed by atoms with Crippen LogP contribution in [0.3, 0.4) is 0 Å². The smallest absolute Gasteiger partial charge is 0.332 e. The predicted molar refractivity (Wildman–Crippen MR) is 151 cm³/mol. The zero-order valence-corrected chi connectivity index (χ0v) is 22.5. The molecule has 6 N–H and O–H groups in total. The molecule has 12 heteroatoms. The van der Waals surface area contributed by atoms with Crippen molar-refractivity contribution in [3.05, 3.63) is 53.1 Å². The van der Waals surface area contributed by atoms with Gasteiger partial charge in [-0.1, -0.05) is 49.0 Å². The molecule has 1 rings (SSSR count). The largest absolute Gasteiger partial charge is 0.478 e. The SMILES string of the molecule is C.CC(C)/C(=C/C(=O)Nc1cc(NC(=O)/C=C(\C(=O)O)C(C)C)cc(NC(=O)/C=C(\C(=O)O)C(C)C)c1)C(=O)O. The normalized spacial score (nSPS) is 12.1. The summed E-state index contributed by atoms with van der Waals surface area (Å²) in [5, 5.41) is 35.3. The molecule has 40 heavy (non-hydrogen) atoms. The first-order valence-electron chi connectivity index (χ1n) is 11.9. The average Bonchev–Trinajstić information content (AvgIpc) is 2.78. The number of anilines is 3. The van der Waals surface area contributed by atoms with Crippen molar-refractivity contribution >= 4 is 52.7 Å². The van der Waals surface area contributed by atoms with Crippen LogP contribution in [0.1, 0.15) is 49.0 Å². The van der Waals surface area contributed by atoms with Gasteiger partial charge in [-0.05, 0) is 36.0 Å². The van der Waals surface area contributed by atoms with E-state index >= 15 is 0 Å². The quantitative estimate of drug-likeness (QED) is 0.204. The van der Waals surface area contributed by atoms with Crippen LogP contribution in [0.4, 0.5) is 17.1 Å². The number of hydrogen-bond donors (Lipinski definition) is 6. The van der Waals surface area contributed by atoms with E-state index < -0.39 is 53.4 Å². The first-order chi connectivity index (χ1) is 18.0. The van der Waals surface area contributed by atoms with Gasteiger partial charge in [-0.3, -0.25) is 14.4 Å². The van der Waals surface area contributed by atoms with Gasteiger partial charge in [0.2, 0.25) is 17.7 Å². The minimum Gasteiger partial charge on any atom is -0.478 e. The van der Waals surface area contributed by atoms with Gasteiger partial charge in [0.25, 0.3) is 0 Å². The molecule has 0 aliphatic rings. The maximum Gasteiger partial charge on any atom is 0.332 e. The topological polar surface area (TPSA) is 199 Å². The molecule has 0 heterocycles. The molecule has 1 aromatic rings. The Kier molecular flexibility index (Phi) is 13.8. The molecule has 0 atom stereocenters. The van der Waals surface area contributed by atoms with Gasteiger partial charge in [0, 0.05) is 52.0 Å². The number of carbonyl (C=O) groups is 6. The van der Waals surface area contributed by atoms with Crippen molar-refractivity contribution in [2.24, 2.45) is 17.8 Å². The van der Waals surface area contributed by atoms with Crippen LogP contribution in [0, 0.1) is 17.8 Å². The molecule has 1 aromatic carbocycles. The number of benzene rings is 1. The van der Waals surface area contributed by atoms with E-state index in [1.807, 2.05) is 0 Å². The Morgan fingerprint density at radius 2 is 0.725 bits per heavy atom. The van der Waals surface area contributed by atoms with E-state index in [0.29, 0.717) is 0 Å². The zero-order valence-electron chi connectivity index (χ0n) is 22.5. The summed E-state index contributed by atoms with van der Waals surface area (Å²) in [6, 6.07) is 3.93. The van der Waals surface area contributed by atoms with Gasteiger partial charge in [-0.2, -0.15) is 0 Å². The van der Waals surface area contributed by atoms with Crippen molar-refractivity contribution in [1.29, 1.82) is 0 Å². The Morgan fingerprint density at radius 1 is 0.525 bits per heavy atom. The molecule has 0 fully saturated rings. The second-order valence-corrected chi connectivity index (χ2v) is 9.45. The summed E-state index contributed by atoms with van der Waals surface area (Å²) in [4.78, 5) is 71.8. The zero-order chi connectivity index (χ0) is 30.0. The summed E-state index contributed by atoms with van der Waals surface area (Å²) in [6.07, 6.45) is 2.72. The Balaban J connectivity index is 0.0000152. The lowest BCUT2D eigenvalue weighted by Gasteiger charge is -2.13. The fourth-order valence-electron chi connectivity index (χ4n) is 3.23. The minimum absolute atomic E-state index is 0. The van der Waals surface area contributed by atoms with Crippen LogP contribution in [-0.4, -0.2) is 50.9 Å². The van der Waals surface area contributed by atoms with Gasteiger partial charge in [0.1, 0.15) is 0 Å². The Morgan fingerprint density at radius 3 is 0.875 bits per heavy atom. The summed E-state index contributed by atoms with van der Waals surface area (Å²) < 4.78 is 0. The van der Waals surface area contributed by atoms with Crippen molar-refractivity contribution < 1.29 is 44.1 Å². The monoisotopic (exact) mass is 559 g/mol. The molecule has 3 amide bonds. The van der Waals surface area contributed by atoms with Crippen LogP contribution < -0.4 is 16.0 Å². The van der Waals surface area contributed by atoms with Crippen molar-refractivity contribution in [3.63, 3.8) is 0 Å². The Bertz CT molecular complexity index is 1090. The maximum atomic E-state index is 12.5. The van der Waals surface area contributed by atoms with E-state index in [1.165, 1.54) is 18.2 Å². The van der Waals surface area contributed by atoms with E-state index in [4.69, 9.17) is 0 Å². The number of amides is 3. The van der Waals surface area contributed by atoms with Crippen molar-refractivity contribution in [3.8, 4) is 0 Å². The van der Waals surface area contributed by atoms with Crippen LogP contribution >= 0.6 is 0 Å². The van der Waals surface area contributed by atoms with Crippen LogP contribution in [-0.2, 0) is 28.8 Å². The first-order valence-corrected chi connectivity index (χ1v) is 11.9. The third-order valence-electron chi connectivity index (χ3n) is 5.20. The minimum atomic E-state index is -1.27. The molecule has 0 bridgehead atoms. The summed E-state index contributed by atoms with van der Waals surface area (Å²) in [5.41, 5.74) is -0.289. The van der Waals surface area contributed by atoms with Crippen LogP contribution in [0.15, 0.2) is 53.1 Å². The highest BCUT2D eigenvalue weighted by atomic mass is 16.4. The number of hydrogen-bond acceptors (Lipinski definition) is 6. The van der Waals surface area contributed by atoms with E-state index in [9.17, 15) is 44.1 Å². The average molecular weight is 560 g/mol. The van der Waals surface area contributed by atoms with Crippen LogP contribution in [0.5, 0.6) is 0 Å². The summed E-state index contributed by atoms with van der Waals surface area (Å²) >= 11 is 0. The van der Waals surface area contributed by atoms with Crippen molar-refractivity contribution in [2.75, 3.05) is 16.0 Å². The lowest BCUT2D eigenvalue weighted by atomic mass is 10.0. The number of aliphatic carboxylic acids is 3. The molecule has 0 aromatic heterocycles. The second-order valence-electron chi connectivity index (χ2n) is 9.45. The summed E-state index contributed by atoms with van der Waals surface area (Å²) in [6.45, 7) is 9.60. The highest BCUT2D eigenvalue weighted by Gasteiger charge is 2.17. The lowest BCUT2D eigenvalue weighted by Crippen LogP contribution is -2.17. The summed E-state index contributed by atoms with van der Waals surface area (Å²) in [7, 11) is 0. The highest BCUT2D eigenvalue weighted by Crippen LogP contribution is 2.24. The molecule has 218 valence electrons. The molecule has 0 radical (unpaired) electrons. The fourth-order valence-corrected chi connectivity index (χ4v) is 3.23. The van der Waals surface area contributed by atoms with E-state index in [1.54, 1.807) is 41.5 Å². The maximum absolute atomic E-state index is 12.5. The van der Waals surface area contributed by atoms with Gasteiger partial charge in [0.15, 0.2) is 0 Å². The second kappa shape index (κ2) is 15.6. The van der Waals surface area contributed by atoms with Gasteiger partial charge < -0.3 is 31.3 Å². The number of carboxylic acids is 3. The molecule has 0 saturated carbocycles. The standard InChI is InChI=1S/C27H33N3O9.CH4/c1-13(2)19(25(34)35)10-22(31)28-16-7-17(29-23(32)11-20(14(3)4)26(36)37)9-18(8-16)30-24(33)12-21(15(5)6)27(38)39;/h7-15H,1-6H3,(H,28,31)(H,29,32)(H,30,33)(H,34,35)(H,36,37)(H,38,39);1H4/b19-10-,20-11-,21-12-;.